The summed E-state index contributed by atoms with van der Waals surface area (Å²) in [5.41, 5.74) is 6.15. The average molecular weight is 253 g/mol. The lowest BCUT2D eigenvalue weighted by atomic mass is 10.1. The van der Waals surface area contributed by atoms with E-state index in [1.54, 1.807) is 25.1 Å². The number of carbonyl (C=O) groups excluding carboxylic acids is 1. The van der Waals surface area contributed by atoms with E-state index in [0.717, 1.165) is 0 Å². The number of hydrogen-bond donors (Lipinski definition) is 2. The van der Waals surface area contributed by atoms with Gasteiger partial charge in [0, 0.05) is 0 Å². The predicted molar refractivity (Wildman–Crippen MR) is 62.9 cm³/mol. The SMILES string of the molecule is Cc1noc(NC(=O)c2cccc(Cl)c2N)n1. The minimum absolute atomic E-state index is 0.0203. The molecule has 17 heavy (non-hydrogen) atoms. The molecule has 0 aliphatic heterocycles. The Kier molecular flexibility index (Phi) is 2.97. The van der Waals surface area contributed by atoms with Gasteiger partial charge in [0.05, 0.1) is 16.3 Å². The number of nitrogens with zero attached hydrogens (tertiary/aromatic N) is 2. The first-order chi connectivity index (χ1) is 8.08. The van der Waals surface area contributed by atoms with Gasteiger partial charge >= 0.3 is 6.01 Å². The van der Waals surface area contributed by atoms with Crippen molar-refractivity contribution in [1.82, 2.24) is 10.1 Å². The van der Waals surface area contributed by atoms with Gasteiger partial charge in [-0.25, -0.2) is 0 Å². The number of nitrogens with two attached hydrogens (primary N) is 1. The van der Waals surface area contributed by atoms with Crippen LogP contribution in [0.25, 0.3) is 0 Å². The van der Waals surface area contributed by atoms with Crippen molar-refractivity contribution in [3.05, 3.63) is 34.6 Å². The zero-order valence-corrected chi connectivity index (χ0v) is 9.65. The number of aromatic nitrogens is 2. The number of anilines is 2. The fourth-order valence-electron chi connectivity index (χ4n) is 1.25. The van der Waals surface area contributed by atoms with Gasteiger partial charge in [-0.2, -0.15) is 4.98 Å². The molecule has 0 atom stereocenters. The molecule has 2 rings (SSSR count). The number of nitrogen functional groups attached to an aromatic ring is 1. The molecule has 0 saturated heterocycles. The van der Waals surface area contributed by atoms with E-state index in [9.17, 15) is 4.79 Å². The first-order valence-corrected chi connectivity index (χ1v) is 5.11. The van der Waals surface area contributed by atoms with E-state index in [-0.39, 0.29) is 17.3 Å². The molecule has 6 nitrogen and oxygen atoms in total. The third kappa shape index (κ3) is 2.36. The van der Waals surface area contributed by atoms with Crippen LogP contribution in [-0.4, -0.2) is 16.0 Å². The molecule has 1 amide bonds. The number of rotatable bonds is 2. The number of benzene rings is 1. The number of hydrogen-bond acceptors (Lipinski definition) is 5. The number of para-hydroxylation sites is 1. The van der Waals surface area contributed by atoms with Crippen LogP contribution in [0.5, 0.6) is 0 Å². The van der Waals surface area contributed by atoms with Crippen molar-refractivity contribution in [1.29, 1.82) is 0 Å². The summed E-state index contributed by atoms with van der Waals surface area (Å²) in [5, 5.41) is 6.29. The maximum absolute atomic E-state index is 11.8. The normalized spacial score (nSPS) is 10.2. The van der Waals surface area contributed by atoms with Gasteiger partial charge in [0.15, 0.2) is 5.82 Å². The molecular weight excluding hydrogens is 244 g/mol. The van der Waals surface area contributed by atoms with Crippen LogP contribution >= 0.6 is 11.6 Å². The Balaban J connectivity index is 2.23. The van der Waals surface area contributed by atoms with Crippen molar-refractivity contribution >= 4 is 29.2 Å². The Labute approximate surface area is 102 Å². The molecule has 1 heterocycles. The molecule has 0 saturated carbocycles. The van der Waals surface area contributed by atoms with Crippen molar-refractivity contribution in [2.24, 2.45) is 0 Å². The molecular formula is C10H9ClN4O2. The number of carbonyl (C=O) groups is 1. The monoisotopic (exact) mass is 252 g/mol. The highest BCUT2D eigenvalue weighted by molar-refractivity contribution is 6.34. The molecule has 88 valence electrons. The lowest BCUT2D eigenvalue weighted by Crippen LogP contribution is -2.14. The lowest BCUT2D eigenvalue weighted by molar-refractivity contribution is 0.102. The van der Waals surface area contributed by atoms with Gasteiger partial charge in [-0.3, -0.25) is 10.1 Å². The zero-order chi connectivity index (χ0) is 12.4. The van der Waals surface area contributed by atoms with E-state index >= 15 is 0 Å². The number of amides is 1. The van der Waals surface area contributed by atoms with Gasteiger partial charge < -0.3 is 10.3 Å². The highest BCUT2D eigenvalue weighted by atomic mass is 35.5. The smallest absolute Gasteiger partial charge is 0.328 e. The third-order valence-electron chi connectivity index (χ3n) is 2.05. The molecule has 0 radical (unpaired) electrons. The van der Waals surface area contributed by atoms with E-state index in [0.29, 0.717) is 10.8 Å². The van der Waals surface area contributed by atoms with Gasteiger partial charge in [-0.1, -0.05) is 22.8 Å². The van der Waals surface area contributed by atoms with Crippen molar-refractivity contribution in [2.45, 2.75) is 6.92 Å². The van der Waals surface area contributed by atoms with E-state index in [1.165, 1.54) is 0 Å². The van der Waals surface area contributed by atoms with Crippen LogP contribution in [0.15, 0.2) is 22.7 Å². The van der Waals surface area contributed by atoms with E-state index in [2.05, 4.69) is 15.5 Å². The summed E-state index contributed by atoms with van der Waals surface area (Å²) in [7, 11) is 0. The Bertz CT molecular complexity index is 567. The highest BCUT2D eigenvalue weighted by Gasteiger charge is 2.14. The minimum atomic E-state index is -0.450. The second kappa shape index (κ2) is 4.42. The molecule has 0 unspecified atom stereocenters. The van der Waals surface area contributed by atoms with Gasteiger partial charge in [-0.15, -0.1) is 0 Å². The van der Waals surface area contributed by atoms with Crippen LogP contribution in [0.4, 0.5) is 11.7 Å². The van der Waals surface area contributed by atoms with Crippen molar-refractivity contribution < 1.29 is 9.32 Å². The average Bonchev–Trinajstić information content (AvgIpc) is 2.68. The molecule has 3 N–H and O–H groups in total. The fraction of sp³-hybridized carbons (Fsp3) is 0.100. The fourth-order valence-corrected chi connectivity index (χ4v) is 1.42. The molecule has 2 aromatic rings. The first kappa shape index (κ1) is 11.4. The summed E-state index contributed by atoms with van der Waals surface area (Å²) in [6.07, 6.45) is 0. The molecule has 0 fully saturated rings. The zero-order valence-electron chi connectivity index (χ0n) is 8.90. The Hall–Kier alpha value is -2.08. The van der Waals surface area contributed by atoms with Gasteiger partial charge in [-0.05, 0) is 19.1 Å². The van der Waals surface area contributed by atoms with Crippen LogP contribution in [-0.2, 0) is 0 Å². The standard InChI is InChI=1S/C10H9ClN4O2/c1-5-13-10(17-15-5)14-9(16)6-3-2-4-7(11)8(6)12/h2-4H,12H2,1H3,(H,13,14,15,16). The summed E-state index contributed by atoms with van der Waals surface area (Å²) in [6.45, 7) is 1.65. The molecule has 0 aliphatic carbocycles. The molecule has 0 aliphatic rings. The predicted octanol–water partition coefficient (Wildman–Crippen LogP) is 1.87. The van der Waals surface area contributed by atoms with E-state index < -0.39 is 5.91 Å². The summed E-state index contributed by atoms with van der Waals surface area (Å²) >= 11 is 5.81. The second-order valence-electron chi connectivity index (χ2n) is 3.30. The van der Waals surface area contributed by atoms with Gasteiger partial charge in [0.2, 0.25) is 0 Å². The Morgan fingerprint density at radius 3 is 2.94 bits per heavy atom. The van der Waals surface area contributed by atoms with Crippen LogP contribution in [0.1, 0.15) is 16.2 Å². The number of nitrogens with one attached hydrogen (secondary N) is 1. The topological polar surface area (TPSA) is 94.0 Å². The van der Waals surface area contributed by atoms with Gasteiger partial charge in [0.1, 0.15) is 0 Å². The van der Waals surface area contributed by atoms with E-state index in [1.807, 2.05) is 0 Å². The van der Waals surface area contributed by atoms with Crippen LogP contribution in [0.3, 0.4) is 0 Å². The number of aryl methyl sites for hydroxylation is 1. The highest BCUT2D eigenvalue weighted by Crippen LogP contribution is 2.22. The lowest BCUT2D eigenvalue weighted by Gasteiger charge is -2.05. The second-order valence-corrected chi connectivity index (χ2v) is 3.71. The maximum Gasteiger partial charge on any atom is 0.328 e. The molecule has 1 aromatic carbocycles. The molecule has 1 aromatic heterocycles. The first-order valence-electron chi connectivity index (χ1n) is 4.73. The molecule has 0 bridgehead atoms. The summed E-state index contributed by atoms with van der Waals surface area (Å²) < 4.78 is 4.76. The third-order valence-corrected chi connectivity index (χ3v) is 2.38. The number of halogens is 1. The maximum atomic E-state index is 11.8. The van der Waals surface area contributed by atoms with Crippen LogP contribution < -0.4 is 11.1 Å². The summed E-state index contributed by atoms with van der Waals surface area (Å²) in [5.74, 6) is -0.0204. The van der Waals surface area contributed by atoms with Crippen LogP contribution in [0.2, 0.25) is 5.02 Å². The molecule has 7 heteroatoms. The summed E-state index contributed by atoms with van der Waals surface area (Å²) in [4.78, 5) is 15.7. The minimum Gasteiger partial charge on any atom is -0.397 e. The molecule has 0 spiro atoms. The van der Waals surface area contributed by atoms with Crippen molar-refractivity contribution in [3.63, 3.8) is 0 Å². The Morgan fingerprint density at radius 2 is 2.29 bits per heavy atom. The van der Waals surface area contributed by atoms with E-state index in [4.69, 9.17) is 21.9 Å². The largest absolute Gasteiger partial charge is 0.397 e. The van der Waals surface area contributed by atoms with Crippen molar-refractivity contribution in [3.8, 4) is 0 Å². The summed E-state index contributed by atoms with van der Waals surface area (Å²) in [6, 6.07) is 4.81. The van der Waals surface area contributed by atoms with Crippen LogP contribution in [0, 0.1) is 6.92 Å². The van der Waals surface area contributed by atoms with Gasteiger partial charge in [0.25, 0.3) is 5.91 Å². The quantitative estimate of drug-likeness (QED) is 0.796. The van der Waals surface area contributed by atoms with Crippen molar-refractivity contribution in [2.75, 3.05) is 11.1 Å². The Morgan fingerprint density at radius 1 is 1.53 bits per heavy atom.